The van der Waals surface area contributed by atoms with Crippen molar-refractivity contribution in [3.63, 3.8) is 0 Å². The standard InChI is InChI=1S/C23H18N2O2/c26-25(27)19-12-14-23-21(15-19)22(16-24-23)20(18-9-5-2-6-10-18)13-11-17-7-3-1-4-8-17/h1-16,20,24H/b13-11+. The molecule has 0 fully saturated rings. The zero-order valence-electron chi connectivity index (χ0n) is 14.6. The van der Waals surface area contributed by atoms with Gasteiger partial charge in [-0.1, -0.05) is 72.8 Å². The fourth-order valence-corrected chi connectivity index (χ4v) is 3.33. The number of H-pyrrole nitrogens is 1. The minimum absolute atomic E-state index is 0.0119. The van der Waals surface area contributed by atoms with Crippen molar-refractivity contribution in [3.8, 4) is 0 Å². The van der Waals surface area contributed by atoms with Crippen LogP contribution in [0.4, 0.5) is 5.69 Å². The van der Waals surface area contributed by atoms with Gasteiger partial charge in [-0.2, -0.15) is 0 Å². The maximum Gasteiger partial charge on any atom is 0.270 e. The van der Waals surface area contributed by atoms with E-state index in [1.165, 1.54) is 6.07 Å². The van der Waals surface area contributed by atoms with E-state index in [1.54, 1.807) is 12.1 Å². The summed E-state index contributed by atoms with van der Waals surface area (Å²) >= 11 is 0. The smallest absolute Gasteiger partial charge is 0.270 e. The molecule has 1 unspecified atom stereocenters. The van der Waals surface area contributed by atoms with E-state index in [-0.39, 0.29) is 16.5 Å². The van der Waals surface area contributed by atoms with E-state index in [1.807, 2.05) is 42.6 Å². The van der Waals surface area contributed by atoms with Gasteiger partial charge in [0.05, 0.1) is 4.92 Å². The van der Waals surface area contributed by atoms with Crippen LogP contribution in [0.15, 0.2) is 91.1 Å². The summed E-state index contributed by atoms with van der Waals surface area (Å²) in [6.45, 7) is 0. The van der Waals surface area contributed by atoms with Crippen molar-refractivity contribution in [2.24, 2.45) is 0 Å². The van der Waals surface area contributed by atoms with E-state index >= 15 is 0 Å². The van der Waals surface area contributed by atoms with Crippen LogP contribution >= 0.6 is 0 Å². The summed E-state index contributed by atoms with van der Waals surface area (Å²) in [7, 11) is 0. The Labute approximate surface area is 156 Å². The predicted octanol–water partition coefficient (Wildman–Crippen LogP) is 5.92. The molecule has 4 aromatic rings. The second-order valence-electron chi connectivity index (χ2n) is 6.39. The number of nitrogens with zero attached hydrogens (tertiary/aromatic N) is 1. The summed E-state index contributed by atoms with van der Waals surface area (Å²) in [5.74, 6) is -0.0119. The first-order chi connectivity index (χ1) is 13.2. The Morgan fingerprint density at radius 3 is 2.33 bits per heavy atom. The first kappa shape index (κ1) is 16.8. The zero-order valence-corrected chi connectivity index (χ0v) is 14.6. The maximum absolute atomic E-state index is 11.2. The third kappa shape index (κ3) is 3.51. The van der Waals surface area contributed by atoms with Gasteiger partial charge in [0.15, 0.2) is 0 Å². The first-order valence-electron chi connectivity index (χ1n) is 8.76. The molecule has 132 valence electrons. The second-order valence-corrected chi connectivity index (χ2v) is 6.39. The number of hydrogen-bond acceptors (Lipinski definition) is 2. The quantitative estimate of drug-likeness (QED) is 0.357. The molecule has 0 saturated heterocycles. The van der Waals surface area contributed by atoms with Crippen LogP contribution in [0.1, 0.15) is 22.6 Å². The summed E-state index contributed by atoms with van der Waals surface area (Å²) in [4.78, 5) is 14.1. The SMILES string of the molecule is O=[N+]([O-])c1ccc2[nH]cc(C(/C=C/c3ccccc3)c3ccccc3)c2c1. The fourth-order valence-electron chi connectivity index (χ4n) is 3.33. The Balaban J connectivity index is 1.84. The average Bonchev–Trinajstić information content (AvgIpc) is 3.13. The van der Waals surface area contributed by atoms with E-state index in [0.717, 1.165) is 27.6 Å². The number of benzene rings is 3. The summed E-state index contributed by atoms with van der Waals surface area (Å²) in [6.07, 6.45) is 6.18. The molecular formula is C23H18N2O2. The van der Waals surface area contributed by atoms with E-state index in [0.29, 0.717) is 0 Å². The van der Waals surface area contributed by atoms with Crippen LogP contribution in [0, 0.1) is 10.1 Å². The minimum Gasteiger partial charge on any atom is -0.361 e. The summed E-state index contributed by atoms with van der Waals surface area (Å²) in [5.41, 5.74) is 4.26. The molecule has 0 amide bonds. The lowest BCUT2D eigenvalue weighted by atomic mass is 9.90. The highest BCUT2D eigenvalue weighted by molar-refractivity contribution is 5.86. The highest BCUT2D eigenvalue weighted by Gasteiger charge is 2.17. The van der Waals surface area contributed by atoms with Crippen molar-refractivity contribution in [1.29, 1.82) is 0 Å². The molecule has 0 aliphatic rings. The van der Waals surface area contributed by atoms with Crippen molar-refractivity contribution in [3.05, 3.63) is 118 Å². The first-order valence-corrected chi connectivity index (χ1v) is 8.76. The molecule has 0 radical (unpaired) electrons. The molecule has 1 atom stereocenters. The molecule has 3 aromatic carbocycles. The zero-order chi connectivity index (χ0) is 18.6. The van der Waals surface area contributed by atoms with Crippen LogP contribution < -0.4 is 0 Å². The number of allylic oxidation sites excluding steroid dienone is 1. The lowest BCUT2D eigenvalue weighted by Crippen LogP contribution is -1.97. The average molecular weight is 354 g/mol. The summed E-state index contributed by atoms with van der Waals surface area (Å²) in [5, 5.41) is 12.1. The molecule has 0 aliphatic heterocycles. The molecule has 4 heteroatoms. The van der Waals surface area contributed by atoms with Gasteiger partial charge in [-0.3, -0.25) is 10.1 Å². The molecule has 1 N–H and O–H groups in total. The number of fused-ring (bicyclic) bond motifs is 1. The number of non-ortho nitro benzene ring substituents is 1. The Morgan fingerprint density at radius 2 is 1.63 bits per heavy atom. The molecule has 27 heavy (non-hydrogen) atoms. The van der Waals surface area contributed by atoms with Gasteiger partial charge in [0.2, 0.25) is 0 Å². The van der Waals surface area contributed by atoms with Gasteiger partial charge in [0.25, 0.3) is 5.69 Å². The van der Waals surface area contributed by atoms with Crippen LogP contribution in [-0.2, 0) is 0 Å². The minimum atomic E-state index is -0.354. The fraction of sp³-hybridized carbons (Fsp3) is 0.0435. The van der Waals surface area contributed by atoms with Gasteiger partial charge in [0, 0.05) is 35.2 Å². The normalized spacial score (nSPS) is 12.4. The number of hydrogen-bond donors (Lipinski definition) is 1. The van der Waals surface area contributed by atoms with E-state index in [9.17, 15) is 10.1 Å². The summed E-state index contributed by atoms with van der Waals surface area (Å²) in [6, 6.07) is 25.2. The van der Waals surface area contributed by atoms with Crippen LogP contribution in [0.25, 0.3) is 17.0 Å². The number of aromatic nitrogens is 1. The van der Waals surface area contributed by atoms with Crippen molar-refractivity contribution in [2.75, 3.05) is 0 Å². The third-order valence-corrected chi connectivity index (χ3v) is 4.68. The molecule has 0 aliphatic carbocycles. The van der Waals surface area contributed by atoms with Crippen LogP contribution in [0.2, 0.25) is 0 Å². The van der Waals surface area contributed by atoms with Gasteiger partial charge < -0.3 is 4.98 Å². The highest BCUT2D eigenvalue weighted by atomic mass is 16.6. The van der Waals surface area contributed by atoms with Gasteiger partial charge in [-0.05, 0) is 22.8 Å². The largest absolute Gasteiger partial charge is 0.361 e. The number of nitro groups is 1. The van der Waals surface area contributed by atoms with Gasteiger partial charge >= 0.3 is 0 Å². The molecule has 0 spiro atoms. The molecule has 1 heterocycles. The van der Waals surface area contributed by atoms with E-state index in [2.05, 4.69) is 41.4 Å². The molecule has 4 rings (SSSR count). The van der Waals surface area contributed by atoms with Crippen molar-refractivity contribution in [1.82, 2.24) is 4.98 Å². The molecular weight excluding hydrogens is 336 g/mol. The Bertz CT molecular complexity index is 1100. The van der Waals surface area contributed by atoms with Crippen molar-refractivity contribution >= 4 is 22.7 Å². The van der Waals surface area contributed by atoms with E-state index in [4.69, 9.17) is 0 Å². The monoisotopic (exact) mass is 354 g/mol. The maximum atomic E-state index is 11.2. The van der Waals surface area contributed by atoms with Gasteiger partial charge in [-0.15, -0.1) is 0 Å². The van der Waals surface area contributed by atoms with Crippen LogP contribution in [-0.4, -0.2) is 9.91 Å². The molecule has 0 bridgehead atoms. The Hall–Kier alpha value is -3.66. The number of nitrogens with one attached hydrogen (secondary N) is 1. The molecule has 1 aromatic heterocycles. The topological polar surface area (TPSA) is 58.9 Å². The van der Waals surface area contributed by atoms with E-state index < -0.39 is 0 Å². The Morgan fingerprint density at radius 1 is 0.926 bits per heavy atom. The third-order valence-electron chi connectivity index (χ3n) is 4.68. The van der Waals surface area contributed by atoms with Crippen LogP contribution in [0.3, 0.4) is 0 Å². The number of aromatic amines is 1. The number of nitro benzene ring substituents is 1. The summed E-state index contributed by atoms with van der Waals surface area (Å²) < 4.78 is 0. The van der Waals surface area contributed by atoms with Gasteiger partial charge in [-0.25, -0.2) is 0 Å². The highest BCUT2D eigenvalue weighted by Crippen LogP contribution is 2.34. The van der Waals surface area contributed by atoms with Crippen molar-refractivity contribution < 1.29 is 4.92 Å². The molecule has 0 saturated carbocycles. The lowest BCUT2D eigenvalue weighted by Gasteiger charge is -2.13. The van der Waals surface area contributed by atoms with Crippen LogP contribution in [0.5, 0.6) is 0 Å². The van der Waals surface area contributed by atoms with Crippen molar-refractivity contribution in [2.45, 2.75) is 5.92 Å². The van der Waals surface area contributed by atoms with Gasteiger partial charge in [0.1, 0.15) is 0 Å². The molecule has 4 nitrogen and oxygen atoms in total. The lowest BCUT2D eigenvalue weighted by molar-refractivity contribution is -0.384. The second kappa shape index (κ2) is 7.30. The predicted molar refractivity (Wildman–Crippen MR) is 109 cm³/mol. The Kier molecular flexibility index (Phi) is 4.54. The number of rotatable bonds is 5.